The second-order valence-electron chi connectivity index (χ2n) is 8.56. The van der Waals surface area contributed by atoms with Gasteiger partial charge in [0.2, 0.25) is 5.91 Å². The summed E-state index contributed by atoms with van der Waals surface area (Å²) in [6, 6.07) is 14.5. The first-order chi connectivity index (χ1) is 16.3. The van der Waals surface area contributed by atoms with Gasteiger partial charge in [0.25, 0.3) is 0 Å². The lowest BCUT2D eigenvalue weighted by molar-refractivity contribution is -0.154. The summed E-state index contributed by atoms with van der Waals surface area (Å²) in [5.74, 6) is -1.94. The van der Waals surface area contributed by atoms with Crippen LogP contribution in [0.2, 0.25) is 10.0 Å². The number of hydrogen-bond donors (Lipinski definition) is 1. The second kappa shape index (κ2) is 12.5. The van der Waals surface area contributed by atoms with Gasteiger partial charge in [-0.05, 0) is 48.2 Å². The number of likely N-dealkylation sites (tertiary alicyclic amines) is 1. The summed E-state index contributed by atoms with van der Waals surface area (Å²) in [5, 5.41) is 10.7. The van der Waals surface area contributed by atoms with Crippen LogP contribution in [0.15, 0.2) is 48.5 Å². The molecular formula is C26H31Cl2NO5. The summed E-state index contributed by atoms with van der Waals surface area (Å²) in [5.41, 5.74) is 1.90. The van der Waals surface area contributed by atoms with Gasteiger partial charge in [-0.15, -0.1) is 0 Å². The minimum atomic E-state index is -0.988. The van der Waals surface area contributed by atoms with Crippen LogP contribution in [0.4, 0.5) is 0 Å². The van der Waals surface area contributed by atoms with Gasteiger partial charge < -0.3 is 19.5 Å². The van der Waals surface area contributed by atoms with Gasteiger partial charge in [-0.25, -0.2) is 0 Å². The Morgan fingerprint density at radius 2 is 1.85 bits per heavy atom. The number of piperidine rings is 1. The van der Waals surface area contributed by atoms with Crippen molar-refractivity contribution >= 4 is 35.1 Å². The van der Waals surface area contributed by atoms with E-state index in [-0.39, 0.29) is 30.3 Å². The molecule has 0 bridgehead atoms. The Morgan fingerprint density at radius 3 is 2.47 bits per heavy atom. The van der Waals surface area contributed by atoms with Crippen LogP contribution in [-0.4, -0.2) is 54.9 Å². The van der Waals surface area contributed by atoms with Crippen molar-refractivity contribution in [3.05, 3.63) is 69.7 Å². The minimum Gasteiger partial charge on any atom is -0.481 e. The van der Waals surface area contributed by atoms with Crippen molar-refractivity contribution in [1.29, 1.82) is 0 Å². The zero-order chi connectivity index (χ0) is 24.7. The van der Waals surface area contributed by atoms with E-state index in [0.717, 1.165) is 11.1 Å². The molecule has 2 aromatic rings. The van der Waals surface area contributed by atoms with Crippen molar-refractivity contribution in [2.24, 2.45) is 5.92 Å². The molecule has 6 nitrogen and oxygen atoms in total. The van der Waals surface area contributed by atoms with Crippen LogP contribution in [0.5, 0.6) is 0 Å². The molecule has 1 saturated heterocycles. The summed E-state index contributed by atoms with van der Waals surface area (Å²) >= 11 is 12.5. The molecule has 1 fully saturated rings. The molecule has 0 aromatic heterocycles. The van der Waals surface area contributed by atoms with Crippen molar-refractivity contribution in [3.8, 4) is 0 Å². The third kappa shape index (κ3) is 6.51. The maximum Gasteiger partial charge on any atom is 0.304 e. The van der Waals surface area contributed by atoms with E-state index in [9.17, 15) is 14.7 Å². The van der Waals surface area contributed by atoms with E-state index in [1.807, 2.05) is 54.3 Å². The molecule has 1 amide bonds. The average Bonchev–Trinajstić information content (AvgIpc) is 2.81. The average molecular weight is 508 g/mol. The zero-order valence-corrected chi connectivity index (χ0v) is 21.0. The summed E-state index contributed by atoms with van der Waals surface area (Å²) in [6.45, 7) is 3.21. The second-order valence-corrected chi connectivity index (χ2v) is 9.44. The monoisotopic (exact) mass is 507 g/mol. The summed E-state index contributed by atoms with van der Waals surface area (Å²) in [6.07, 6.45) is 0.849. The largest absolute Gasteiger partial charge is 0.481 e. The number of amides is 1. The molecule has 4 unspecified atom stereocenters. The Hall–Kier alpha value is -2.12. The molecule has 184 valence electrons. The predicted molar refractivity (Wildman–Crippen MR) is 132 cm³/mol. The number of hydrogen-bond acceptors (Lipinski definition) is 4. The lowest BCUT2D eigenvalue weighted by atomic mass is 9.74. The standard InChI is InChI=1S/C26H31Cl2NO5/c1-3-22(16-34-12-11-33-2)29-25(17-7-9-20(27)10-8-17)23(18-5-4-6-21(28)13-18)14-19(26(29)32)15-24(30)31/h4-10,13,19,22-23,25H,3,11-12,14-16H2,1-2H3,(H,30,31). The van der Waals surface area contributed by atoms with Gasteiger partial charge in [0.05, 0.1) is 38.3 Å². The van der Waals surface area contributed by atoms with Crippen LogP contribution >= 0.6 is 23.2 Å². The number of carbonyl (C=O) groups is 2. The Balaban J connectivity index is 2.09. The molecule has 0 spiro atoms. The van der Waals surface area contributed by atoms with Gasteiger partial charge in [-0.1, -0.05) is 54.4 Å². The molecule has 34 heavy (non-hydrogen) atoms. The molecule has 8 heteroatoms. The van der Waals surface area contributed by atoms with E-state index < -0.39 is 11.9 Å². The molecule has 3 rings (SSSR count). The smallest absolute Gasteiger partial charge is 0.304 e. The number of ether oxygens (including phenoxy) is 2. The maximum atomic E-state index is 13.8. The van der Waals surface area contributed by atoms with E-state index >= 15 is 0 Å². The quantitative estimate of drug-likeness (QED) is 0.401. The number of benzene rings is 2. The predicted octanol–water partition coefficient (Wildman–Crippen LogP) is 5.58. The number of rotatable bonds is 11. The van der Waals surface area contributed by atoms with E-state index in [4.69, 9.17) is 32.7 Å². The van der Waals surface area contributed by atoms with Gasteiger partial charge in [0, 0.05) is 29.0 Å². The van der Waals surface area contributed by atoms with Gasteiger partial charge in [0.1, 0.15) is 0 Å². The number of carboxylic acid groups (broad SMARTS) is 1. The van der Waals surface area contributed by atoms with Crippen LogP contribution in [0.25, 0.3) is 0 Å². The van der Waals surface area contributed by atoms with Crippen LogP contribution < -0.4 is 0 Å². The SMILES string of the molecule is CCC(COCCOC)N1C(=O)C(CC(=O)O)CC(c2cccc(Cl)c2)C1c1ccc(Cl)cc1. The highest BCUT2D eigenvalue weighted by Gasteiger charge is 2.46. The highest BCUT2D eigenvalue weighted by atomic mass is 35.5. The fourth-order valence-electron chi connectivity index (χ4n) is 4.73. The molecule has 1 aliphatic heterocycles. The fourth-order valence-corrected chi connectivity index (χ4v) is 5.06. The summed E-state index contributed by atoms with van der Waals surface area (Å²) in [4.78, 5) is 27.3. The minimum absolute atomic E-state index is 0.144. The molecule has 4 atom stereocenters. The first-order valence-electron chi connectivity index (χ1n) is 11.5. The van der Waals surface area contributed by atoms with Crippen molar-refractivity contribution in [1.82, 2.24) is 4.90 Å². The molecule has 0 saturated carbocycles. The van der Waals surface area contributed by atoms with Crippen LogP contribution in [0.3, 0.4) is 0 Å². The molecule has 1 heterocycles. The number of methoxy groups -OCH3 is 1. The van der Waals surface area contributed by atoms with Crippen molar-refractivity contribution < 1.29 is 24.2 Å². The van der Waals surface area contributed by atoms with Crippen molar-refractivity contribution in [2.75, 3.05) is 26.9 Å². The number of carbonyl (C=O) groups excluding carboxylic acids is 1. The van der Waals surface area contributed by atoms with Crippen LogP contribution in [-0.2, 0) is 19.1 Å². The summed E-state index contributed by atoms with van der Waals surface area (Å²) in [7, 11) is 1.61. The molecule has 0 radical (unpaired) electrons. The van der Waals surface area contributed by atoms with Crippen molar-refractivity contribution in [2.45, 2.75) is 44.2 Å². The number of carboxylic acids is 1. The number of nitrogens with zero attached hydrogens (tertiary/aromatic N) is 1. The fraction of sp³-hybridized carbons (Fsp3) is 0.462. The molecule has 0 aliphatic carbocycles. The van der Waals surface area contributed by atoms with Crippen LogP contribution in [0.1, 0.15) is 49.3 Å². The highest BCUT2D eigenvalue weighted by Crippen LogP contribution is 2.47. The maximum absolute atomic E-state index is 13.8. The molecule has 2 aromatic carbocycles. The van der Waals surface area contributed by atoms with Gasteiger partial charge in [-0.2, -0.15) is 0 Å². The Bertz CT molecular complexity index is 968. The normalized spacial score (nSPS) is 21.5. The molecular weight excluding hydrogens is 477 g/mol. The van der Waals surface area contributed by atoms with E-state index in [0.29, 0.717) is 42.7 Å². The highest BCUT2D eigenvalue weighted by molar-refractivity contribution is 6.30. The third-order valence-electron chi connectivity index (χ3n) is 6.34. The first-order valence-corrected chi connectivity index (χ1v) is 12.2. The van der Waals surface area contributed by atoms with Gasteiger partial charge in [0.15, 0.2) is 0 Å². The Labute approximate surface area is 210 Å². The van der Waals surface area contributed by atoms with E-state index in [2.05, 4.69) is 0 Å². The Kier molecular flexibility index (Phi) is 9.77. The lowest BCUT2D eigenvalue weighted by Gasteiger charge is -2.48. The number of halogens is 2. The molecule has 1 N–H and O–H groups in total. The van der Waals surface area contributed by atoms with Crippen molar-refractivity contribution in [3.63, 3.8) is 0 Å². The van der Waals surface area contributed by atoms with Crippen LogP contribution in [0, 0.1) is 5.92 Å². The number of aliphatic carboxylic acids is 1. The molecule has 1 aliphatic rings. The first kappa shape index (κ1) is 26.5. The Morgan fingerprint density at radius 1 is 1.12 bits per heavy atom. The third-order valence-corrected chi connectivity index (χ3v) is 6.83. The van der Waals surface area contributed by atoms with E-state index in [1.54, 1.807) is 13.2 Å². The topological polar surface area (TPSA) is 76.1 Å². The van der Waals surface area contributed by atoms with Gasteiger partial charge >= 0.3 is 5.97 Å². The lowest BCUT2D eigenvalue weighted by Crippen LogP contribution is -2.53. The summed E-state index contributed by atoms with van der Waals surface area (Å²) < 4.78 is 10.9. The van der Waals surface area contributed by atoms with E-state index in [1.165, 1.54) is 0 Å². The van der Waals surface area contributed by atoms with Gasteiger partial charge in [-0.3, -0.25) is 9.59 Å². The zero-order valence-electron chi connectivity index (χ0n) is 19.5.